The fraction of sp³-hybridized carbons (Fsp3) is 0.650. The molecule has 0 bridgehead atoms. The van der Waals surface area contributed by atoms with Crippen molar-refractivity contribution in [1.82, 2.24) is 4.90 Å². The third-order valence-corrected chi connectivity index (χ3v) is 7.09. The van der Waals surface area contributed by atoms with Crippen molar-refractivity contribution in [2.24, 2.45) is 5.92 Å². The van der Waals surface area contributed by atoms with Crippen molar-refractivity contribution in [2.75, 3.05) is 18.8 Å². The van der Waals surface area contributed by atoms with Gasteiger partial charge in [0.05, 0.1) is 0 Å². The predicted molar refractivity (Wildman–Crippen MR) is 104 cm³/mol. The van der Waals surface area contributed by atoms with Gasteiger partial charge >= 0.3 is 0 Å². The number of benzene rings is 1. The molecule has 1 saturated heterocycles. The summed E-state index contributed by atoms with van der Waals surface area (Å²) in [7, 11) is 0. The van der Waals surface area contributed by atoms with Crippen LogP contribution in [0, 0.1) is 5.92 Å². The molecule has 1 saturated carbocycles. The lowest BCUT2D eigenvalue weighted by Gasteiger charge is -2.24. The quantitative estimate of drug-likeness (QED) is 0.681. The highest BCUT2D eigenvalue weighted by molar-refractivity contribution is 7.99. The maximum absolute atomic E-state index is 12.6. The lowest BCUT2D eigenvalue weighted by Crippen LogP contribution is -2.33. The molecule has 1 amide bonds. The minimum atomic E-state index is 0.362. The van der Waals surface area contributed by atoms with Crippen molar-refractivity contribution in [1.29, 1.82) is 0 Å². The zero-order valence-corrected chi connectivity index (χ0v) is 16.0. The van der Waals surface area contributed by atoms with E-state index in [0.717, 1.165) is 49.0 Å². The van der Waals surface area contributed by atoms with Gasteiger partial charge in [-0.15, -0.1) is 0 Å². The first-order chi connectivity index (χ1) is 11.7. The molecule has 1 heterocycles. The van der Waals surface area contributed by atoms with Gasteiger partial charge in [0.25, 0.3) is 0 Å². The molecule has 1 aliphatic carbocycles. The van der Waals surface area contributed by atoms with Gasteiger partial charge in [0.1, 0.15) is 0 Å². The second-order valence-corrected chi connectivity index (χ2v) is 8.81. The molecular weight excluding hydrogens is 338 g/mol. The summed E-state index contributed by atoms with van der Waals surface area (Å²) in [6.45, 7) is 1.75. The number of thioether (sulfide) groups is 1. The Morgan fingerprint density at radius 1 is 1.12 bits per heavy atom. The van der Waals surface area contributed by atoms with Crippen molar-refractivity contribution >= 4 is 29.3 Å². The average molecular weight is 366 g/mol. The Labute approximate surface area is 155 Å². The van der Waals surface area contributed by atoms with E-state index in [2.05, 4.69) is 17.0 Å². The van der Waals surface area contributed by atoms with Gasteiger partial charge in [-0.25, -0.2) is 0 Å². The van der Waals surface area contributed by atoms with Gasteiger partial charge in [0.15, 0.2) is 0 Å². The van der Waals surface area contributed by atoms with Crippen LogP contribution in [0.3, 0.4) is 0 Å². The molecule has 1 atom stereocenters. The van der Waals surface area contributed by atoms with Crippen LogP contribution >= 0.6 is 23.4 Å². The average Bonchev–Trinajstić information content (AvgIpc) is 2.87. The van der Waals surface area contributed by atoms with Gasteiger partial charge in [-0.05, 0) is 30.4 Å². The summed E-state index contributed by atoms with van der Waals surface area (Å²) in [4.78, 5) is 14.7. The number of hydrogen-bond donors (Lipinski definition) is 0. The number of rotatable bonds is 4. The van der Waals surface area contributed by atoms with Crippen LogP contribution in [0.2, 0.25) is 5.02 Å². The SMILES string of the molecule is O=C(CCC1CCCCC1)N1CCSC(c2ccccc2Cl)CC1. The van der Waals surface area contributed by atoms with Crippen LogP contribution in [0.15, 0.2) is 24.3 Å². The first-order valence-electron chi connectivity index (χ1n) is 9.38. The van der Waals surface area contributed by atoms with Crippen LogP contribution in [0.4, 0.5) is 0 Å². The van der Waals surface area contributed by atoms with Gasteiger partial charge < -0.3 is 4.90 Å². The minimum Gasteiger partial charge on any atom is -0.342 e. The molecule has 0 N–H and O–H groups in total. The molecule has 0 spiro atoms. The molecule has 2 nitrogen and oxygen atoms in total. The Kier molecular flexibility index (Phi) is 6.91. The molecule has 3 rings (SSSR count). The summed E-state index contributed by atoms with van der Waals surface area (Å²) in [6, 6.07) is 8.13. The predicted octanol–water partition coefficient (Wildman–Crippen LogP) is 5.71. The summed E-state index contributed by atoms with van der Waals surface area (Å²) >= 11 is 8.29. The van der Waals surface area contributed by atoms with Gasteiger partial charge in [0.2, 0.25) is 5.91 Å². The molecule has 1 unspecified atom stereocenters. The largest absolute Gasteiger partial charge is 0.342 e. The van der Waals surface area contributed by atoms with Gasteiger partial charge in [0, 0.05) is 35.5 Å². The third kappa shape index (κ3) is 4.92. The van der Waals surface area contributed by atoms with Crippen LogP contribution in [-0.4, -0.2) is 29.6 Å². The summed E-state index contributed by atoms with van der Waals surface area (Å²) in [5.74, 6) is 2.16. The van der Waals surface area contributed by atoms with Crippen molar-refractivity contribution in [3.05, 3.63) is 34.9 Å². The van der Waals surface area contributed by atoms with Gasteiger partial charge in [-0.2, -0.15) is 11.8 Å². The summed E-state index contributed by atoms with van der Waals surface area (Å²) in [6.07, 6.45) is 9.61. The third-order valence-electron chi connectivity index (χ3n) is 5.44. The Hall–Kier alpha value is -0.670. The number of halogens is 1. The van der Waals surface area contributed by atoms with Gasteiger partial charge in [-0.3, -0.25) is 4.79 Å². The van der Waals surface area contributed by atoms with E-state index in [9.17, 15) is 4.79 Å². The zero-order chi connectivity index (χ0) is 16.8. The summed E-state index contributed by atoms with van der Waals surface area (Å²) in [5.41, 5.74) is 1.22. The smallest absolute Gasteiger partial charge is 0.222 e. The Morgan fingerprint density at radius 3 is 2.71 bits per heavy atom. The molecule has 1 aromatic rings. The lowest BCUT2D eigenvalue weighted by atomic mass is 9.86. The molecule has 1 aliphatic heterocycles. The van der Waals surface area contributed by atoms with E-state index in [4.69, 9.17) is 11.6 Å². The maximum atomic E-state index is 12.6. The van der Waals surface area contributed by atoms with Crippen molar-refractivity contribution in [3.63, 3.8) is 0 Å². The van der Waals surface area contributed by atoms with Crippen LogP contribution in [-0.2, 0) is 4.79 Å². The molecule has 0 radical (unpaired) electrons. The minimum absolute atomic E-state index is 0.362. The molecule has 0 aromatic heterocycles. The van der Waals surface area contributed by atoms with E-state index in [1.54, 1.807) is 0 Å². The molecule has 2 aliphatic rings. The van der Waals surface area contributed by atoms with E-state index in [-0.39, 0.29) is 0 Å². The van der Waals surface area contributed by atoms with Crippen LogP contribution < -0.4 is 0 Å². The molecular formula is C20H28ClNOS. The maximum Gasteiger partial charge on any atom is 0.222 e. The molecule has 132 valence electrons. The van der Waals surface area contributed by atoms with Gasteiger partial charge in [-0.1, -0.05) is 61.9 Å². The highest BCUT2D eigenvalue weighted by atomic mass is 35.5. The van der Waals surface area contributed by atoms with Crippen LogP contribution in [0.5, 0.6) is 0 Å². The monoisotopic (exact) mass is 365 g/mol. The highest BCUT2D eigenvalue weighted by Crippen LogP contribution is 2.38. The lowest BCUT2D eigenvalue weighted by molar-refractivity contribution is -0.131. The van der Waals surface area contributed by atoms with E-state index < -0.39 is 0 Å². The second kappa shape index (κ2) is 9.15. The van der Waals surface area contributed by atoms with E-state index in [1.807, 2.05) is 23.9 Å². The molecule has 4 heteroatoms. The number of hydrogen-bond acceptors (Lipinski definition) is 2. The van der Waals surface area contributed by atoms with E-state index in [1.165, 1.54) is 37.7 Å². The number of carbonyl (C=O) groups excluding carboxylic acids is 1. The number of carbonyl (C=O) groups is 1. The molecule has 2 fully saturated rings. The van der Waals surface area contributed by atoms with Crippen molar-refractivity contribution in [3.8, 4) is 0 Å². The highest BCUT2D eigenvalue weighted by Gasteiger charge is 2.24. The Balaban J connectivity index is 1.49. The fourth-order valence-electron chi connectivity index (χ4n) is 3.97. The molecule has 24 heavy (non-hydrogen) atoms. The number of amides is 1. The van der Waals surface area contributed by atoms with Crippen molar-refractivity contribution < 1.29 is 4.79 Å². The first-order valence-corrected chi connectivity index (χ1v) is 10.8. The topological polar surface area (TPSA) is 20.3 Å². The van der Waals surface area contributed by atoms with E-state index in [0.29, 0.717) is 11.2 Å². The fourth-order valence-corrected chi connectivity index (χ4v) is 5.57. The van der Waals surface area contributed by atoms with E-state index >= 15 is 0 Å². The second-order valence-electron chi connectivity index (χ2n) is 7.09. The standard InChI is InChI=1S/C20H28ClNOS/c21-18-9-5-4-8-17(18)19-12-13-22(14-15-24-19)20(23)11-10-16-6-2-1-3-7-16/h4-5,8-9,16,19H,1-3,6-7,10-15H2. The normalized spacial score (nSPS) is 23.0. The van der Waals surface area contributed by atoms with Crippen LogP contribution in [0.25, 0.3) is 0 Å². The Bertz CT molecular complexity index is 544. The van der Waals surface area contributed by atoms with Crippen LogP contribution in [0.1, 0.15) is 62.2 Å². The summed E-state index contributed by atoms with van der Waals surface area (Å²) in [5, 5.41) is 1.27. The summed E-state index contributed by atoms with van der Waals surface area (Å²) < 4.78 is 0. The Morgan fingerprint density at radius 2 is 1.92 bits per heavy atom. The first kappa shape index (κ1) is 18.1. The zero-order valence-electron chi connectivity index (χ0n) is 14.4. The molecule has 1 aromatic carbocycles. The van der Waals surface area contributed by atoms with Crippen molar-refractivity contribution in [2.45, 2.75) is 56.6 Å². The number of nitrogens with zero attached hydrogens (tertiary/aromatic N) is 1.